The van der Waals surface area contributed by atoms with Gasteiger partial charge >= 0.3 is 0 Å². The zero-order chi connectivity index (χ0) is 19.8. The van der Waals surface area contributed by atoms with Crippen molar-refractivity contribution in [2.45, 2.75) is 25.9 Å². The molecule has 0 spiro atoms. The van der Waals surface area contributed by atoms with Crippen molar-refractivity contribution in [3.8, 4) is 0 Å². The van der Waals surface area contributed by atoms with Crippen LogP contribution >= 0.6 is 0 Å². The maximum atomic E-state index is 6.63. The fraction of sp³-hybridized carbons (Fsp3) is 0.250. The van der Waals surface area contributed by atoms with Crippen LogP contribution in [0.3, 0.4) is 0 Å². The Morgan fingerprint density at radius 2 is 2.07 bits per heavy atom. The van der Waals surface area contributed by atoms with Gasteiger partial charge in [0.2, 0.25) is 5.88 Å². The number of nitrogens with one attached hydrogen (secondary N) is 3. The van der Waals surface area contributed by atoms with E-state index in [1.165, 1.54) is 0 Å². The molecule has 0 saturated carbocycles. The lowest BCUT2D eigenvalue weighted by Gasteiger charge is -2.37. The Morgan fingerprint density at radius 3 is 2.93 bits per heavy atom. The first-order chi connectivity index (χ1) is 14.2. The molecule has 1 aromatic rings. The van der Waals surface area contributed by atoms with Gasteiger partial charge in [-0.25, -0.2) is 5.43 Å². The van der Waals surface area contributed by atoms with Gasteiger partial charge in [0.05, 0.1) is 5.70 Å². The van der Waals surface area contributed by atoms with Crippen molar-refractivity contribution >= 4 is 11.3 Å². The Balaban J connectivity index is 1.72. The molecule has 4 aliphatic rings. The van der Waals surface area contributed by atoms with Gasteiger partial charge in [-0.3, -0.25) is 5.01 Å². The molecule has 1 aromatic carbocycles. The van der Waals surface area contributed by atoms with Crippen molar-refractivity contribution in [3.63, 3.8) is 0 Å². The second-order valence-electron chi connectivity index (χ2n) is 7.66. The minimum absolute atomic E-state index is 0.0502. The van der Waals surface area contributed by atoms with Gasteiger partial charge < -0.3 is 15.4 Å². The lowest BCUT2D eigenvalue weighted by atomic mass is 9.90. The van der Waals surface area contributed by atoms with Crippen molar-refractivity contribution in [2.75, 3.05) is 13.1 Å². The van der Waals surface area contributed by atoms with Gasteiger partial charge in [0.15, 0.2) is 5.76 Å². The van der Waals surface area contributed by atoms with E-state index in [-0.39, 0.29) is 6.17 Å². The van der Waals surface area contributed by atoms with E-state index < -0.39 is 0 Å². The van der Waals surface area contributed by atoms with Crippen molar-refractivity contribution < 1.29 is 4.74 Å². The molecule has 3 N–H and O–H groups in total. The lowest BCUT2D eigenvalue weighted by molar-refractivity contribution is 0.0871. The van der Waals surface area contributed by atoms with Gasteiger partial charge in [0.1, 0.15) is 6.17 Å². The maximum Gasteiger partial charge on any atom is 0.220 e. The number of rotatable bonds is 1. The number of fused-ring (bicyclic) bond motifs is 3. The van der Waals surface area contributed by atoms with Gasteiger partial charge in [0, 0.05) is 29.9 Å². The molecular weight excluding hydrogens is 360 g/mol. The highest BCUT2D eigenvalue weighted by Gasteiger charge is 2.33. The van der Waals surface area contributed by atoms with E-state index in [4.69, 9.17) is 4.74 Å². The second-order valence-corrected chi connectivity index (χ2v) is 7.66. The van der Waals surface area contributed by atoms with E-state index >= 15 is 0 Å². The van der Waals surface area contributed by atoms with Crippen LogP contribution in [0.15, 0.2) is 84.1 Å². The number of hydrazine groups is 1. The quantitative estimate of drug-likeness (QED) is 0.686. The molecule has 0 bridgehead atoms. The van der Waals surface area contributed by atoms with Gasteiger partial charge in [-0.15, -0.1) is 0 Å². The third-order valence-electron chi connectivity index (χ3n) is 5.60. The van der Waals surface area contributed by atoms with E-state index in [0.29, 0.717) is 0 Å². The van der Waals surface area contributed by atoms with E-state index in [1.807, 2.05) is 0 Å². The third-order valence-corrected chi connectivity index (χ3v) is 5.60. The van der Waals surface area contributed by atoms with Crippen LogP contribution < -0.4 is 16.1 Å². The van der Waals surface area contributed by atoms with Gasteiger partial charge in [-0.2, -0.15) is 0 Å². The molecule has 1 unspecified atom stereocenters. The molecule has 0 aromatic heterocycles. The van der Waals surface area contributed by atoms with Crippen LogP contribution in [0.25, 0.3) is 11.3 Å². The van der Waals surface area contributed by atoms with Gasteiger partial charge in [-0.05, 0) is 49.1 Å². The summed E-state index contributed by atoms with van der Waals surface area (Å²) in [4.78, 5) is 0. The van der Waals surface area contributed by atoms with Crippen LogP contribution in [-0.4, -0.2) is 24.3 Å². The zero-order valence-electron chi connectivity index (χ0n) is 16.7. The predicted octanol–water partition coefficient (Wildman–Crippen LogP) is 3.76. The number of hydrogen-bond acceptors (Lipinski definition) is 5. The first-order valence-corrected chi connectivity index (χ1v) is 10.2. The first-order valence-electron chi connectivity index (χ1n) is 10.2. The Morgan fingerprint density at radius 1 is 1.21 bits per heavy atom. The average molecular weight is 386 g/mol. The highest BCUT2D eigenvalue weighted by atomic mass is 16.5. The summed E-state index contributed by atoms with van der Waals surface area (Å²) in [5, 5.41) is 9.16. The van der Waals surface area contributed by atoms with E-state index in [0.717, 1.165) is 71.2 Å². The normalized spacial score (nSPS) is 23.5. The summed E-state index contributed by atoms with van der Waals surface area (Å²) in [6, 6.07) is 8.50. The summed E-state index contributed by atoms with van der Waals surface area (Å²) in [5.74, 6) is 1.62. The smallest absolute Gasteiger partial charge is 0.220 e. The monoisotopic (exact) mass is 386 g/mol. The summed E-state index contributed by atoms with van der Waals surface area (Å²) in [5.41, 5.74) is 10.2. The van der Waals surface area contributed by atoms with Gasteiger partial charge in [0.25, 0.3) is 0 Å². The number of dihydropyridines is 2. The largest absolute Gasteiger partial charge is 0.437 e. The molecule has 4 heterocycles. The second kappa shape index (κ2) is 7.33. The Labute approximate surface area is 171 Å². The summed E-state index contributed by atoms with van der Waals surface area (Å²) in [6.07, 6.45) is 12.4. The molecular formula is C24H26N4O. The molecule has 1 atom stereocenters. The van der Waals surface area contributed by atoms with E-state index in [9.17, 15) is 0 Å². The first kappa shape index (κ1) is 17.9. The molecule has 29 heavy (non-hydrogen) atoms. The van der Waals surface area contributed by atoms with Crippen LogP contribution in [0.4, 0.5) is 0 Å². The maximum absolute atomic E-state index is 6.63. The van der Waals surface area contributed by atoms with Crippen LogP contribution in [0.1, 0.15) is 30.9 Å². The summed E-state index contributed by atoms with van der Waals surface area (Å²) in [7, 11) is 0. The Kier molecular flexibility index (Phi) is 4.52. The molecule has 148 valence electrons. The third kappa shape index (κ3) is 3.17. The molecule has 4 aliphatic heterocycles. The molecule has 0 amide bonds. The molecule has 0 fully saturated rings. The summed E-state index contributed by atoms with van der Waals surface area (Å²) in [6.45, 7) is 8.18. The van der Waals surface area contributed by atoms with Crippen molar-refractivity contribution in [1.29, 1.82) is 0 Å². The fourth-order valence-electron chi connectivity index (χ4n) is 4.22. The van der Waals surface area contributed by atoms with E-state index in [1.54, 1.807) is 0 Å². The van der Waals surface area contributed by atoms with Crippen molar-refractivity contribution in [1.82, 2.24) is 21.1 Å². The standard InChI is InChI=1S/C24H26N4O/c1-16-8-6-15-26-28(21-13-5-9-17(2)27-21)24-22(16)18-10-3-4-11-19(18)23-20(29-24)12-7-14-25-23/h3-5,7,9-13,21,25-27H,1,6,8,14-15H2,2H3. The van der Waals surface area contributed by atoms with Crippen LogP contribution in [0, 0.1) is 0 Å². The highest BCUT2D eigenvalue weighted by molar-refractivity contribution is 5.89. The summed E-state index contributed by atoms with van der Waals surface area (Å²) >= 11 is 0. The molecule has 5 nitrogen and oxygen atoms in total. The molecule has 0 aliphatic carbocycles. The minimum Gasteiger partial charge on any atom is -0.437 e. The Hall–Kier alpha value is -3.18. The highest BCUT2D eigenvalue weighted by Crippen LogP contribution is 2.41. The van der Waals surface area contributed by atoms with Crippen LogP contribution in [0.2, 0.25) is 0 Å². The van der Waals surface area contributed by atoms with Gasteiger partial charge in [-0.1, -0.05) is 43.0 Å². The number of benzene rings is 1. The number of allylic oxidation sites excluding steroid dienone is 6. The van der Waals surface area contributed by atoms with E-state index in [2.05, 4.69) is 89.2 Å². The Bertz CT molecular complexity index is 1010. The summed E-state index contributed by atoms with van der Waals surface area (Å²) < 4.78 is 6.63. The van der Waals surface area contributed by atoms with Crippen LogP contribution in [0.5, 0.6) is 0 Å². The predicted molar refractivity (Wildman–Crippen MR) is 117 cm³/mol. The minimum atomic E-state index is -0.0502. The average Bonchev–Trinajstić information content (AvgIpc) is 2.87. The lowest BCUT2D eigenvalue weighted by Crippen LogP contribution is -2.52. The molecule has 0 saturated heterocycles. The number of ether oxygens (including phenoxy) is 1. The number of nitrogens with zero attached hydrogens (tertiary/aromatic N) is 1. The topological polar surface area (TPSA) is 48.6 Å². The zero-order valence-corrected chi connectivity index (χ0v) is 16.7. The van der Waals surface area contributed by atoms with Crippen LogP contribution in [-0.2, 0) is 4.74 Å². The molecule has 5 rings (SSSR count). The van der Waals surface area contributed by atoms with Crippen molar-refractivity contribution in [2.24, 2.45) is 0 Å². The molecule has 5 heteroatoms. The SMILES string of the molecule is C=C1CCCNN(C2C=CC=C(C)N2)C2=C1c1ccccc1C1=C(C=CCN1)O2. The van der Waals surface area contributed by atoms with Crippen molar-refractivity contribution in [3.05, 3.63) is 95.3 Å². The number of hydrogen-bond donors (Lipinski definition) is 3. The molecule has 0 radical (unpaired) electrons. The fourth-order valence-corrected chi connectivity index (χ4v) is 4.22.